The van der Waals surface area contributed by atoms with E-state index in [1.165, 1.54) is 0 Å². The third kappa shape index (κ3) is 3.79. The van der Waals surface area contributed by atoms with Gasteiger partial charge in [-0.1, -0.05) is 73.8 Å². The van der Waals surface area contributed by atoms with Gasteiger partial charge in [-0.3, -0.25) is 0 Å². The second-order valence-electron chi connectivity index (χ2n) is 5.00. The molecule has 0 fully saturated rings. The topological polar surface area (TPSA) is 52.6 Å². The lowest BCUT2D eigenvalue weighted by Crippen LogP contribution is -2.39. The Bertz CT molecular complexity index is 680. The number of hydrogen-bond donors (Lipinski definition) is 0. The van der Waals surface area contributed by atoms with Gasteiger partial charge in [0, 0.05) is 23.3 Å². The molecule has 0 aliphatic carbocycles. The molecule has 0 heterocycles. The van der Waals surface area contributed by atoms with E-state index in [-0.39, 0.29) is 6.61 Å². The van der Waals surface area contributed by atoms with Crippen LogP contribution in [0.25, 0.3) is 0 Å². The summed E-state index contributed by atoms with van der Waals surface area (Å²) < 4.78 is 10.9. The highest BCUT2D eigenvalue weighted by atomic mass is 16.6. The van der Waals surface area contributed by atoms with Gasteiger partial charge in [-0.25, -0.2) is 9.59 Å². The molecule has 2 aromatic rings. The Kier molecular flexibility index (Phi) is 5.68. The molecule has 0 aliphatic rings. The largest absolute Gasteiger partial charge is 0.457 e. The maximum absolute atomic E-state index is 12.0. The van der Waals surface area contributed by atoms with Crippen LogP contribution in [0.5, 0.6) is 0 Å². The number of ether oxygens (including phenoxy) is 2. The van der Waals surface area contributed by atoms with Crippen molar-refractivity contribution < 1.29 is 19.1 Å². The molecule has 0 spiro atoms. The van der Waals surface area contributed by atoms with Crippen molar-refractivity contribution in [2.75, 3.05) is 6.61 Å². The van der Waals surface area contributed by atoms with Crippen molar-refractivity contribution in [2.45, 2.75) is 5.60 Å². The van der Waals surface area contributed by atoms with E-state index < -0.39 is 17.5 Å². The van der Waals surface area contributed by atoms with Crippen molar-refractivity contribution in [3.8, 4) is 0 Å². The number of carbonyl (C=O) groups excluding carboxylic acids is 2. The highest BCUT2D eigenvalue weighted by Gasteiger charge is 2.39. The third-order valence-electron chi connectivity index (χ3n) is 3.51. The number of benzene rings is 2. The normalized spacial score (nSPS) is 10.5. The summed E-state index contributed by atoms with van der Waals surface area (Å²) in [6, 6.07) is 18.2. The van der Waals surface area contributed by atoms with Crippen molar-refractivity contribution in [3.05, 3.63) is 97.1 Å². The maximum Gasteiger partial charge on any atom is 0.331 e. The molecule has 0 aromatic heterocycles. The zero-order chi connectivity index (χ0) is 17.4. The minimum absolute atomic E-state index is 0.175. The van der Waals surface area contributed by atoms with Gasteiger partial charge in [0.25, 0.3) is 0 Å². The van der Waals surface area contributed by atoms with E-state index in [2.05, 4.69) is 13.2 Å². The van der Waals surface area contributed by atoms with Crippen LogP contribution in [0.4, 0.5) is 0 Å². The standard InChI is InChI=1S/C20H18O4/c1-3-18(21)23-15-20(24-19(22)4-2,16-11-7-5-8-12-16)17-13-9-6-10-14-17/h3-14H,1-2,15H2. The molecule has 0 saturated heterocycles. The molecule has 0 radical (unpaired) electrons. The Morgan fingerprint density at radius 1 is 0.833 bits per heavy atom. The molecule has 0 aliphatic heterocycles. The molecule has 4 nitrogen and oxygen atoms in total. The molecular formula is C20H18O4. The number of hydrogen-bond acceptors (Lipinski definition) is 4. The monoisotopic (exact) mass is 322 g/mol. The van der Waals surface area contributed by atoms with Gasteiger partial charge in [-0.2, -0.15) is 0 Å². The first kappa shape index (κ1) is 17.2. The average Bonchev–Trinajstić information content (AvgIpc) is 2.66. The summed E-state index contributed by atoms with van der Waals surface area (Å²) in [6.45, 7) is 6.66. The first-order valence-corrected chi connectivity index (χ1v) is 7.38. The summed E-state index contributed by atoms with van der Waals surface area (Å²) in [5.74, 6) is -1.21. The first-order valence-electron chi connectivity index (χ1n) is 7.38. The highest BCUT2D eigenvalue weighted by molar-refractivity contribution is 5.83. The van der Waals surface area contributed by atoms with E-state index in [0.29, 0.717) is 11.1 Å². The zero-order valence-corrected chi connectivity index (χ0v) is 13.2. The lowest BCUT2D eigenvalue weighted by molar-refractivity contribution is -0.162. The molecule has 24 heavy (non-hydrogen) atoms. The predicted molar refractivity (Wildman–Crippen MR) is 91.1 cm³/mol. The minimum atomic E-state index is -1.27. The molecule has 0 N–H and O–H groups in total. The van der Waals surface area contributed by atoms with Crippen LogP contribution in [0.15, 0.2) is 86.0 Å². The van der Waals surface area contributed by atoms with E-state index in [9.17, 15) is 9.59 Å². The maximum atomic E-state index is 12.0. The zero-order valence-electron chi connectivity index (χ0n) is 13.2. The third-order valence-corrected chi connectivity index (χ3v) is 3.51. The van der Waals surface area contributed by atoms with Gasteiger partial charge in [0.2, 0.25) is 0 Å². The van der Waals surface area contributed by atoms with Crippen LogP contribution in [0.1, 0.15) is 11.1 Å². The van der Waals surface area contributed by atoms with E-state index >= 15 is 0 Å². The van der Waals surface area contributed by atoms with Crippen molar-refractivity contribution >= 4 is 11.9 Å². The second-order valence-corrected chi connectivity index (χ2v) is 5.00. The Morgan fingerprint density at radius 2 is 1.29 bits per heavy atom. The number of carbonyl (C=O) groups is 2. The molecular weight excluding hydrogens is 304 g/mol. The Labute approximate surface area is 141 Å². The minimum Gasteiger partial charge on any atom is -0.457 e. The van der Waals surface area contributed by atoms with Gasteiger partial charge in [-0.05, 0) is 0 Å². The van der Waals surface area contributed by atoms with Crippen LogP contribution < -0.4 is 0 Å². The lowest BCUT2D eigenvalue weighted by atomic mass is 9.86. The van der Waals surface area contributed by atoms with Gasteiger partial charge >= 0.3 is 11.9 Å². The molecule has 2 rings (SSSR count). The first-order chi connectivity index (χ1) is 11.6. The van der Waals surface area contributed by atoms with Crippen LogP contribution >= 0.6 is 0 Å². The number of rotatable bonds is 7. The number of esters is 2. The quantitative estimate of drug-likeness (QED) is 0.579. The fourth-order valence-corrected chi connectivity index (χ4v) is 2.34. The van der Waals surface area contributed by atoms with Crippen LogP contribution in [-0.2, 0) is 24.7 Å². The summed E-state index contributed by atoms with van der Waals surface area (Å²) in [5.41, 5.74) is 0.0958. The fourth-order valence-electron chi connectivity index (χ4n) is 2.34. The van der Waals surface area contributed by atoms with Crippen molar-refractivity contribution in [1.82, 2.24) is 0 Å². The van der Waals surface area contributed by atoms with E-state index in [0.717, 1.165) is 12.2 Å². The van der Waals surface area contributed by atoms with Crippen LogP contribution in [-0.4, -0.2) is 18.5 Å². The average molecular weight is 322 g/mol. The summed E-state index contributed by atoms with van der Waals surface area (Å²) in [7, 11) is 0. The summed E-state index contributed by atoms with van der Waals surface area (Å²) in [6.07, 6.45) is 2.14. The molecule has 122 valence electrons. The molecule has 0 bridgehead atoms. The molecule has 0 atom stereocenters. The van der Waals surface area contributed by atoms with Crippen molar-refractivity contribution in [1.29, 1.82) is 0 Å². The molecule has 2 aromatic carbocycles. The van der Waals surface area contributed by atoms with Crippen LogP contribution in [0.2, 0.25) is 0 Å². The Balaban J connectivity index is 2.58. The van der Waals surface area contributed by atoms with Gasteiger partial charge < -0.3 is 9.47 Å². The fraction of sp³-hybridized carbons (Fsp3) is 0.100. The Morgan fingerprint density at radius 3 is 1.71 bits per heavy atom. The second kappa shape index (κ2) is 7.92. The summed E-state index contributed by atoms with van der Waals surface area (Å²) in [4.78, 5) is 23.6. The predicted octanol–water partition coefficient (Wildman–Crippen LogP) is 3.39. The molecule has 0 amide bonds. The van der Waals surface area contributed by atoms with E-state index in [4.69, 9.17) is 9.47 Å². The van der Waals surface area contributed by atoms with E-state index in [1.54, 1.807) is 0 Å². The molecule has 0 saturated carbocycles. The lowest BCUT2D eigenvalue weighted by Gasteiger charge is -2.33. The van der Waals surface area contributed by atoms with E-state index in [1.807, 2.05) is 60.7 Å². The van der Waals surface area contributed by atoms with Gasteiger partial charge in [0.1, 0.15) is 6.61 Å². The van der Waals surface area contributed by atoms with Crippen molar-refractivity contribution in [3.63, 3.8) is 0 Å². The molecule has 4 heteroatoms. The SMILES string of the molecule is C=CC(=O)OCC(OC(=O)C=C)(c1ccccc1)c1ccccc1. The molecule has 0 unspecified atom stereocenters. The van der Waals surface area contributed by atoms with Crippen LogP contribution in [0, 0.1) is 0 Å². The van der Waals surface area contributed by atoms with Gasteiger partial charge in [0.15, 0.2) is 5.60 Å². The Hall–Kier alpha value is -3.14. The summed E-state index contributed by atoms with van der Waals surface area (Å²) in [5, 5.41) is 0. The smallest absolute Gasteiger partial charge is 0.331 e. The highest BCUT2D eigenvalue weighted by Crippen LogP contribution is 2.34. The van der Waals surface area contributed by atoms with Crippen LogP contribution in [0.3, 0.4) is 0 Å². The van der Waals surface area contributed by atoms with Gasteiger partial charge in [-0.15, -0.1) is 0 Å². The summed E-state index contributed by atoms with van der Waals surface area (Å²) >= 11 is 0. The van der Waals surface area contributed by atoms with Gasteiger partial charge in [0.05, 0.1) is 0 Å². The van der Waals surface area contributed by atoms with Crippen molar-refractivity contribution in [2.24, 2.45) is 0 Å².